The lowest BCUT2D eigenvalue weighted by atomic mass is 9.97. The van der Waals surface area contributed by atoms with Gasteiger partial charge in [-0.15, -0.1) is 0 Å². The van der Waals surface area contributed by atoms with Crippen LogP contribution in [0.25, 0.3) is 0 Å². The van der Waals surface area contributed by atoms with Gasteiger partial charge in [0.25, 0.3) is 0 Å². The summed E-state index contributed by atoms with van der Waals surface area (Å²) in [6, 6.07) is 10.4. The number of aryl methyl sites for hydroxylation is 1. The van der Waals surface area contributed by atoms with Crippen LogP contribution in [0.15, 0.2) is 48.9 Å². The number of nitrogens with zero attached hydrogens (tertiary/aromatic N) is 3. The van der Waals surface area contributed by atoms with Gasteiger partial charge in [0.1, 0.15) is 0 Å². The average Bonchev–Trinajstić information content (AvgIpc) is 2.68. The van der Waals surface area contributed by atoms with E-state index in [1.54, 1.807) is 6.20 Å². The van der Waals surface area contributed by atoms with Gasteiger partial charge in [-0.25, -0.2) is 4.79 Å². The predicted octanol–water partition coefficient (Wildman–Crippen LogP) is 3.22. The Bertz CT molecular complexity index is 647. The van der Waals surface area contributed by atoms with Crippen LogP contribution in [0.1, 0.15) is 36.9 Å². The Morgan fingerprint density at radius 2 is 2.12 bits per heavy atom. The normalized spacial score (nSPS) is 17.3. The van der Waals surface area contributed by atoms with Crippen molar-refractivity contribution >= 4 is 6.03 Å². The molecular formula is C20H26N4O. The van der Waals surface area contributed by atoms with Gasteiger partial charge in [-0.2, -0.15) is 0 Å². The van der Waals surface area contributed by atoms with Crippen LogP contribution in [0, 0.1) is 0 Å². The van der Waals surface area contributed by atoms with E-state index >= 15 is 0 Å². The quantitative estimate of drug-likeness (QED) is 0.880. The maximum Gasteiger partial charge on any atom is 0.317 e. The first-order valence-electron chi connectivity index (χ1n) is 9.16. The SMILES string of the molecule is O=C(NCCc1cccnc1)N1CCCC[C@H]1CCc1ccccn1. The number of likely N-dealkylation sites (tertiary alicyclic amines) is 1. The molecule has 0 bridgehead atoms. The van der Waals surface area contributed by atoms with Crippen LogP contribution in [-0.2, 0) is 12.8 Å². The van der Waals surface area contributed by atoms with Crippen molar-refractivity contribution in [1.82, 2.24) is 20.2 Å². The molecule has 2 amide bonds. The second kappa shape index (κ2) is 9.16. The molecule has 1 saturated heterocycles. The Labute approximate surface area is 149 Å². The van der Waals surface area contributed by atoms with Crippen molar-refractivity contribution in [1.29, 1.82) is 0 Å². The number of hydrogen-bond donors (Lipinski definition) is 1. The summed E-state index contributed by atoms with van der Waals surface area (Å²) in [6.07, 6.45) is 11.5. The van der Waals surface area contributed by atoms with E-state index in [9.17, 15) is 4.79 Å². The Morgan fingerprint density at radius 3 is 2.92 bits per heavy atom. The standard InChI is InChI=1S/C20H26N4O/c25-20(23-14-11-17-6-5-12-21-16-17)24-15-4-2-8-19(24)10-9-18-7-1-3-13-22-18/h1,3,5-7,12-13,16,19H,2,4,8-11,14-15H2,(H,23,25)/t19-/m0/s1. The maximum absolute atomic E-state index is 12.6. The molecule has 0 spiro atoms. The first-order valence-corrected chi connectivity index (χ1v) is 9.16. The second-order valence-electron chi connectivity index (χ2n) is 6.55. The van der Waals surface area contributed by atoms with Crippen LogP contribution in [0.3, 0.4) is 0 Å². The topological polar surface area (TPSA) is 58.1 Å². The van der Waals surface area contributed by atoms with E-state index in [2.05, 4.69) is 21.4 Å². The van der Waals surface area contributed by atoms with Crippen LogP contribution in [0.2, 0.25) is 0 Å². The van der Waals surface area contributed by atoms with E-state index in [0.29, 0.717) is 12.6 Å². The van der Waals surface area contributed by atoms with E-state index in [1.807, 2.05) is 41.6 Å². The van der Waals surface area contributed by atoms with Crippen molar-refractivity contribution < 1.29 is 4.79 Å². The largest absolute Gasteiger partial charge is 0.338 e. The summed E-state index contributed by atoms with van der Waals surface area (Å²) in [4.78, 5) is 23.1. The Balaban J connectivity index is 1.48. The number of amides is 2. The molecule has 1 atom stereocenters. The minimum absolute atomic E-state index is 0.0645. The molecule has 1 aliphatic rings. The van der Waals surface area contributed by atoms with Crippen molar-refractivity contribution in [2.75, 3.05) is 13.1 Å². The summed E-state index contributed by atoms with van der Waals surface area (Å²) in [5.74, 6) is 0. The fourth-order valence-electron chi connectivity index (χ4n) is 3.39. The van der Waals surface area contributed by atoms with Gasteiger partial charge in [-0.1, -0.05) is 12.1 Å². The van der Waals surface area contributed by atoms with Gasteiger partial charge in [-0.05, 0) is 62.3 Å². The van der Waals surface area contributed by atoms with Crippen LogP contribution in [0.4, 0.5) is 4.79 Å². The first-order chi connectivity index (χ1) is 12.3. The molecule has 0 aliphatic carbocycles. The zero-order valence-corrected chi connectivity index (χ0v) is 14.6. The zero-order valence-electron chi connectivity index (χ0n) is 14.6. The monoisotopic (exact) mass is 338 g/mol. The minimum atomic E-state index is 0.0645. The molecule has 132 valence electrons. The molecular weight excluding hydrogens is 312 g/mol. The molecule has 5 nitrogen and oxygen atoms in total. The van der Waals surface area contributed by atoms with Gasteiger partial charge in [0.15, 0.2) is 0 Å². The van der Waals surface area contributed by atoms with Crippen LogP contribution >= 0.6 is 0 Å². The molecule has 0 aromatic carbocycles. The van der Waals surface area contributed by atoms with E-state index in [-0.39, 0.29) is 6.03 Å². The summed E-state index contributed by atoms with van der Waals surface area (Å²) in [5.41, 5.74) is 2.25. The van der Waals surface area contributed by atoms with Crippen LogP contribution < -0.4 is 5.32 Å². The van der Waals surface area contributed by atoms with Gasteiger partial charge in [-0.3, -0.25) is 9.97 Å². The van der Waals surface area contributed by atoms with Crippen molar-refractivity contribution in [3.63, 3.8) is 0 Å². The summed E-state index contributed by atoms with van der Waals surface area (Å²) < 4.78 is 0. The molecule has 0 saturated carbocycles. The number of aromatic nitrogens is 2. The fourth-order valence-corrected chi connectivity index (χ4v) is 3.39. The molecule has 1 fully saturated rings. The van der Waals surface area contributed by atoms with Gasteiger partial charge in [0.05, 0.1) is 0 Å². The second-order valence-corrected chi connectivity index (χ2v) is 6.55. The lowest BCUT2D eigenvalue weighted by Gasteiger charge is -2.35. The molecule has 5 heteroatoms. The molecule has 2 aromatic rings. The third-order valence-corrected chi connectivity index (χ3v) is 4.76. The number of carbonyl (C=O) groups excluding carboxylic acids is 1. The molecule has 2 aromatic heterocycles. The number of nitrogens with one attached hydrogen (secondary N) is 1. The molecule has 0 unspecified atom stereocenters. The van der Waals surface area contributed by atoms with Crippen molar-refractivity contribution in [3.05, 3.63) is 60.2 Å². The number of carbonyl (C=O) groups is 1. The molecule has 0 radical (unpaired) electrons. The molecule has 3 heterocycles. The lowest BCUT2D eigenvalue weighted by Crippen LogP contribution is -2.49. The smallest absolute Gasteiger partial charge is 0.317 e. The highest BCUT2D eigenvalue weighted by atomic mass is 16.2. The van der Waals surface area contributed by atoms with Gasteiger partial charge in [0, 0.05) is 43.4 Å². The van der Waals surface area contributed by atoms with Crippen molar-refractivity contribution in [3.8, 4) is 0 Å². The molecule has 25 heavy (non-hydrogen) atoms. The average molecular weight is 338 g/mol. The summed E-state index contributed by atoms with van der Waals surface area (Å²) in [6.45, 7) is 1.50. The van der Waals surface area contributed by atoms with Crippen molar-refractivity contribution in [2.24, 2.45) is 0 Å². The lowest BCUT2D eigenvalue weighted by molar-refractivity contribution is 0.146. The van der Waals surface area contributed by atoms with Gasteiger partial charge >= 0.3 is 6.03 Å². The fraction of sp³-hybridized carbons (Fsp3) is 0.450. The number of piperidine rings is 1. The number of pyridine rings is 2. The van der Waals surface area contributed by atoms with E-state index < -0.39 is 0 Å². The van der Waals surface area contributed by atoms with Crippen LogP contribution in [-0.4, -0.2) is 40.0 Å². The van der Waals surface area contributed by atoms with E-state index in [4.69, 9.17) is 0 Å². The van der Waals surface area contributed by atoms with E-state index in [0.717, 1.165) is 49.9 Å². The minimum Gasteiger partial charge on any atom is -0.338 e. The maximum atomic E-state index is 12.6. The number of urea groups is 1. The van der Waals surface area contributed by atoms with Gasteiger partial charge in [0.2, 0.25) is 0 Å². The van der Waals surface area contributed by atoms with Crippen LogP contribution in [0.5, 0.6) is 0 Å². The van der Waals surface area contributed by atoms with Crippen molar-refractivity contribution in [2.45, 2.75) is 44.6 Å². The molecule has 3 rings (SSSR count). The molecule has 1 aliphatic heterocycles. The Kier molecular flexibility index (Phi) is 6.37. The zero-order chi connectivity index (χ0) is 17.3. The summed E-state index contributed by atoms with van der Waals surface area (Å²) in [7, 11) is 0. The third kappa shape index (κ3) is 5.28. The highest BCUT2D eigenvalue weighted by molar-refractivity contribution is 5.74. The highest BCUT2D eigenvalue weighted by Gasteiger charge is 2.26. The van der Waals surface area contributed by atoms with E-state index in [1.165, 1.54) is 6.42 Å². The summed E-state index contributed by atoms with van der Waals surface area (Å²) >= 11 is 0. The predicted molar refractivity (Wildman–Crippen MR) is 98.2 cm³/mol. The first kappa shape index (κ1) is 17.4. The van der Waals surface area contributed by atoms with Gasteiger partial charge < -0.3 is 10.2 Å². The Morgan fingerprint density at radius 1 is 1.16 bits per heavy atom. The number of hydrogen-bond acceptors (Lipinski definition) is 3. The highest BCUT2D eigenvalue weighted by Crippen LogP contribution is 2.21. The Hall–Kier alpha value is -2.43. The third-order valence-electron chi connectivity index (χ3n) is 4.76. The summed E-state index contributed by atoms with van der Waals surface area (Å²) in [5, 5.41) is 3.07. The number of rotatable bonds is 6. The molecule has 1 N–H and O–H groups in total.